The summed E-state index contributed by atoms with van der Waals surface area (Å²) in [6.45, 7) is 0.0943. The number of hydrogen-bond donors (Lipinski definition) is 0. The van der Waals surface area contributed by atoms with Gasteiger partial charge in [-0.1, -0.05) is 0 Å². The van der Waals surface area contributed by atoms with Crippen LogP contribution in [0.4, 0.5) is 19.3 Å². The van der Waals surface area contributed by atoms with Gasteiger partial charge >= 0.3 is 6.09 Å². The molecule has 0 aromatic heterocycles. The second kappa shape index (κ2) is 8.55. The number of fused-ring (bicyclic) bond motifs is 1. The summed E-state index contributed by atoms with van der Waals surface area (Å²) in [6.07, 6.45) is -0.0859. The molecular weight excluding hydrogens is 446 g/mol. The van der Waals surface area contributed by atoms with E-state index in [1.807, 2.05) is 0 Å². The Morgan fingerprint density at radius 2 is 1.72 bits per heavy atom. The number of carbonyl (C=O) groups is 1. The molecule has 11 heteroatoms. The van der Waals surface area contributed by atoms with E-state index in [1.165, 1.54) is 35.6 Å². The quantitative estimate of drug-likeness (QED) is 0.670. The lowest BCUT2D eigenvalue weighted by atomic mass is 10.0. The summed E-state index contributed by atoms with van der Waals surface area (Å²) in [5, 5.41) is 0. The van der Waals surface area contributed by atoms with E-state index in [1.54, 1.807) is 6.07 Å². The topological polar surface area (TPSA) is 85.4 Å². The first kappa shape index (κ1) is 22.3. The molecule has 1 saturated heterocycles. The van der Waals surface area contributed by atoms with Crippen LogP contribution in [-0.2, 0) is 21.4 Å². The number of hydrogen-bond acceptors (Lipinski definition) is 6. The lowest BCUT2D eigenvalue weighted by Crippen LogP contribution is -2.50. The van der Waals surface area contributed by atoms with Gasteiger partial charge in [0.2, 0.25) is 10.0 Å². The SMILES string of the molecule is COc1ccc(OC)c(S(=O)(=O)N2CCC(N3C(=O)OCc4cc(F)c(F)cc43)CC2)c1. The molecule has 0 N–H and O–H groups in total. The van der Waals surface area contributed by atoms with E-state index in [0.717, 1.165) is 12.1 Å². The van der Waals surface area contributed by atoms with Crippen LogP contribution < -0.4 is 14.4 Å². The highest BCUT2D eigenvalue weighted by Crippen LogP contribution is 2.36. The van der Waals surface area contributed by atoms with Crippen molar-refractivity contribution < 1.29 is 36.2 Å². The van der Waals surface area contributed by atoms with Crippen molar-refractivity contribution in [3.63, 3.8) is 0 Å². The summed E-state index contributed by atoms with van der Waals surface area (Å²) in [5.74, 6) is -1.51. The molecular formula is C21H22F2N2O6S. The van der Waals surface area contributed by atoms with E-state index >= 15 is 0 Å². The van der Waals surface area contributed by atoms with E-state index in [9.17, 15) is 22.0 Å². The fourth-order valence-electron chi connectivity index (χ4n) is 4.04. The van der Waals surface area contributed by atoms with Gasteiger partial charge in [-0.05, 0) is 31.0 Å². The fraction of sp³-hybridized carbons (Fsp3) is 0.381. The van der Waals surface area contributed by atoms with Gasteiger partial charge in [0.15, 0.2) is 11.6 Å². The molecule has 1 fully saturated rings. The van der Waals surface area contributed by atoms with Crippen LogP contribution in [0.2, 0.25) is 0 Å². The summed E-state index contributed by atoms with van der Waals surface area (Å²) >= 11 is 0. The van der Waals surface area contributed by atoms with Gasteiger partial charge in [0.25, 0.3) is 0 Å². The first-order valence-corrected chi connectivity index (χ1v) is 11.4. The van der Waals surface area contributed by atoms with Crippen molar-refractivity contribution in [2.24, 2.45) is 0 Å². The maximum absolute atomic E-state index is 13.9. The monoisotopic (exact) mass is 468 g/mol. The molecule has 2 aliphatic rings. The van der Waals surface area contributed by atoms with E-state index in [-0.39, 0.29) is 36.0 Å². The maximum atomic E-state index is 13.9. The Morgan fingerprint density at radius 3 is 2.38 bits per heavy atom. The number of benzene rings is 2. The predicted octanol–water partition coefficient (Wildman–Crippen LogP) is 3.29. The summed E-state index contributed by atoms with van der Waals surface area (Å²) in [6, 6.07) is 6.09. The highest BCUT2D eigenvalue weighted by atomic mass is 32.2. The fourth-order valence-corrected chi connectivity index (χ4v) is 5.68. The highest BCUT2D eigenvalue weighted by molar-refractivity contribution is 7.89. The van der Waals surface area contributed by atoms with Gasteiger partial charge in [-0.2, -0.15) is 4.31 Å². The number of piperidine rings is 1. The predicted molar refractivity (Wildman–Crippen MR) is 110 cm³/mol. The molecule has 0 atom stereocenters. The molecule has 2 heterocycles. The Hall–Kier alpha value is -2.92. The van der Waals surface area contributed by atoms with Crippen molar-refractivity contribution in [2.75, 3.05) is 32.2 Å². The Balaban J connectivity index is 1.57. The normalized spacial score (nSPS) is 17.6. The van der Waals surface area contributed by atoms with Crippen LogP contribution in [0.5, 0.6) is 11.5 Å². The summed E-state index contributed by atoms with van der Waals surface area (Å²) in [7, 11) is -1.07. The van der Waals surface area contributed by atoms with Gasteiger partial charge in [-0.25, -0.2) is 22.0 Å². The zero-order valence-corrected chi connectivity index (χ0v) is 18.3. The first-order chi connectivity index (χ1) is 15.3. The molecule has 0 spiro atoms. The third-order valence-electron chi connectivity index (χ3n) is 5.71. The highest BCUT2D eigenvalue weighted by Gasteiger charge is 2.38. The molecule has 1 amide bonds. The summed E-state index contributed by atoms with van der Waals surface area (Å²) in [4.78, 5) is 13.7. The van der Waals surface area contributed by atoms with Crippen LogP contribution in [0.15, 0.2) is 35.2 Å². The van der Waals surface area contributed by atoms with E-state index in [4.69, 9.17) is 14.2 Å². The van der Waals surface area contributed by atoms with E-state index < -0.39 is 33.8 Å². The lowest BCUT2D eigenvalue weighted by Gasteiger charge is -2.39. The number of methoxy groups -OCH3 is 2. The molecule has 0 saturated carbocycles. The summed E-state index contributed by atoms with van der Waals surface area (Å²) < 4.78 is 70.8. The van der Waals surface area contributed by atoms with Crippen LogP contribution in [0.1, 0.15) is 18.4 Å². The molecule has 2 aromatic rings. The Bertz CT molecular complexity index is 1150. The molecule has 32 heavy (non-hydrogen) atoms. The number of amides is 1. The van der Waals surface area contributed by atoms with Crippen molar-refractivity contribution in [2.45, 2.75) is 30.4 Å². The van der Waals surface area contributed by atoms with Gasteiger partial charge < -0.3 is 14.2 Å². The second-order valence-electron chi connectivity index (χ2n) is 7.47. The molecule has 0 radical (unpaired) electrons. The Morgan fingerprint density at radius 1 is 1.03 bits per heavy atom. The minimum atomic E-state index is -3.89. The van der Waals surface area contributed by atoms with E-state index in [0.29, 0.717) is 24.2 Å². The average Bonchev–Trinajstić information content (AvgIpc) is 2.80. The van der Waals surface area contributed by atoms with Crippen molar-refractivity contribution in [1.29, 1.82) is 0 Å². The second-order valence-corrected chi connectivity index (χ2v) is 9.38. The van der Waals surface area contributed by atoms with Crippen LogP contribution in [-0.4, -0.2) is 52.2 Å². The standard InChI is InChI=1S/C21H22F2N2O6S/c1-29-15-3-4-19(30-2)20(10-15)32(27,28)24-7-5-14(6-8-24)25-18-11-17(23)16(22)9-13(18)12-31-21(25)26/h3-4,9-11,14H,5-8,12H2,1-2H3. The third-order valence-corrected chi connectivity index (χ3v) is 7.63. The molecule has 8 nitrogen and oxygen atoms in total. The van der Waals surface area contributed by atoms with E-state index in [2.05, 4.69) is 0 Å². The number of ether oxygens (including phenoxy) is 3. The van der Waals surface area contributed by atoms with Gasteiger partial charge in [0.1, 0.15) is 23.0 Å². The Labute approximate surface area is 184 Å². The largest absolute Gasteiger partial charge is 0.497 e. The molecule has 2 aromatic carbocycles. The zero-order valence-electron chi connectivity index (χ0n) is 17.5. The number of carbonyl (C=O) groups excluding carboxylic acids is 1. The number of cyclic esters (lactones) is 1. The molecule has 0 unspecified atom stereocenters. The number of halogens is 2. The maximum Gasteiger partial charge on any atom is 0.414 e. The molecule has 4 rings (SSSR count). The van der Waals surface area contributed by atoms with Crippen molar-refractivity contribution in [3.8, 4) is 11.5 Å². The first-order valence-electron chi connectivity index (χ1n) is 9.92. The molecule has 172 valence electrons. The lowest BCUT2D eigenvalue weighted by molar-refractivity contribution is 0.135. The minimum absolute atomic E-state index is 0.0157. The Kier molecular flexibility index (Phi) is 5.95. The smallest absolute Gasteiger partial charge is 0.414 e. The molecule has 0 aliphatic carbocycles. The van der Waals surface area contributed by atoms with Crippen molar-refractivity contribution >= 4 is 21.8 Å². The van der Waals surface area contributed by atoms with Crippen LogP contribution >= 0.6 is 0 Å². The van der Waals surface area contributed by atoms with Crippen LogP contribution in [0.25, 0.3) is 0 Å². The molecule has 2 aliphatic heterocycles. The van der Waals surface area contributed by atoms with Crippen LogP contribution in [0.3, 0.4) is 0 Å². The van der Waals surface area contributed by atoms with Gasteiger partial charge in [-0.3, -0.25) is 4.90 Å². The minimum Gasteiger partial charge on any atom is -0.497 e. The zero-order chi connectivity index (χ0) is 23.0. The van der Waals surface area contributed by atoms with Crippen LogP contribution in [0, 0.1) is 11.6 Å². The number of sulfonamides is 1. The van der Waals surface area contributed by atoms with Crippen molar-refractivity contribution in [3.05, 3.63) is 47.5 Å². The number of nitrogens with zero attached hydrogens (tertiary/aromatic N) is 2. The number of anilines is 1. The average molecular weight is 468 g/mol. The van der Waals surface area contributed by atoms with Gasteiger partial charge in [-0.15, -0.1) is 0 Å². The third kappa shape index (κ3) is 3.86. The van der Waals surface area contributed by atoms with Gasteiger partial charge in [0, 0.05) is 36.8 Å². The molecule has 0 bridgehead atoms. The van der Waals surface area contributed by atoms with Crippen molar-refractivity contribution in [1.82, 2.24) is 4.31 Å². The number of rotatable bonds is 5. The van der Waals surface area contributed by atoms with Gasteiger partial charge in [0.05, 0.1) is 19.9 Å². The summed E-state index contributed by atoms with van der Waals surface area (Å²) in [5.41, 5.74) is 0.607.